The second-order valence-electron chi connectivity index (χ2n) is 10.8. The predicted molar refractivity (Wildman–Crippen MR) is 194 cm³/mol. The number of carbonyl (C=O) groups excluding carboxylic acids is 1. The van der Waals surface area contributed by atoms with Gasteiger partial charge in [0.25, 0.3) is 5.91 Å². The summed E-state index contributed by atoms with van der Waals surface area (Å²) in [7, 11) is -8.13. The minimum absolute atomic E-state index is 0.0245. The van der Waals surface area contributed by atoms with Crippen LogP contribution in [0.2, 0.25) is 20.1 Å². The lowest BCUT2D eigenvalue weighted by molar-refractivity contribution is -0.121. The molecule has 1 amide bonds. The summed E-state index contributed by atoms with van der Waals surface area (Å²) in [6.45, 7) is -0.822. The number of rotatable bonds is 14. The van der Waals surface area contributed by atoms with Crippen LogP contribution in [-0.4, -0.2) is 44.1 Å². The summed E-state index contributed by atoms with van der Waals surface area (Å²) in [5.41, 5.74) is 3.59. The van der Waals surface area contributed by atoms with Crippen molar-refractivity contribution >= 4 is 78.6 Å². The van der Waals surface area contributed by atoms with E-state index in [1.807, 2.05) is 0 Å². The van der Waals surface area contributed by atoms with Gasteiger partial charge in [0.1, 0.15) is 11.5 Å². The van der Waals surface area contributed by atoms with Gasteiger partial charge in [0.05, 0.1) is 39.1 Å². The molecule has 50 heavy (non-hydrogen) atoms. The molecule has 0 radical (unpaired) electrons. The van der Waals surface area contributed by atoms with Gasteiger partial charge in [-0.2, -0.15) is 13.7 Å². The third-order valence-corrected chi connectivity index (χ3v) is 12.0. The summed E-state index contributed by atoms with van der Waals surface area (Å²) in [5, 5.41) is 5.28. The van der Waals surface area contributed by atoms with Crippen LogP contribution in [0.4, 0.5) is 0 Å². The Kier molecular flexibility index (Phi) is 12.4. The summed E-state index contributed by atoms with van der Waals surface area (Å²) in [6, 6.07) is 28.2. The largest absolute Gasteiger partial charge is 0.459 e. The number of furan rings is 1. The number of nitrogens with zero attached hydrogens (tertiary/aromatic N) is 3. The van der Waals surface area contributed by atoms with Crippen molar-refractivity contribution in [1.82, 2.24) is 14.0 Å². The third-order valence-electron chi connectivity index (χ3n) is 7.16. The summed E-state index contributed by atoms with van der Waals surface area (Å²) >= 11 is 24.2. The number of hydrazone groups is 1. The summed E-state index contributed by atoms with van der Waals surface area (Å²) in [4.78, 5) is 12.9. The molecule has 10 nitrogen and oxygen atoms in total. The maximum absolute atomic E-state index is 13.7. The number of halogens is 4. The average Bonchev–Trinajstić information content (AvgIpc) is 3.53. The number of hydrogen-bond acceptors (Lipinski definition) is 7. The molecule has 1 N–H and O–H groups in total. The minimum atomic E-state index is -4.09. The Morgan fingerprint density at radius 3 is 1.84 bits per heavy atom. The SMILES string of the molecule is O=C(CN(Cc1ccccc1)S(=O)(=O)c1ccc(Cl)cc1)N/N=C\c1ccc(CN(Cc2ccc(Cl)c(Cl)c2)S(=O)(=O)c2ccc(Cl)cc2)o1. The Morgan fingerprint density at radius 1 is 0.660 bits per heavy atom. The Labute approximate surface area is 309 Å². The first kappa shape index (κ1) is 37.5. The monoisotopic (exact) mass is 792 g/mol. The number of amides is 1. The lowest BCUT2D eigenvalue weighted by Crippen LogP contribution is -2.39. The van der Waals surface area contributed by atoms with Crippen molar-refractivity contribution in [2.24, 2.45) is 5.10 Å². The van der Waals surface area contributed by atoms with Crippen LogP contribution in [0.5, 0.6) is 0 Å². The molecule has 0 fully saturated rings. The van der Waals surface area contributed by atoms with Crippen LogP contribution in [0, 0.1) is 0 Å². The fourth-order valence-corrected chi connectivity index (χ4v) is 8.03. The standard InChI is InChI=1S/C34H28Cl4N4O6S2/c35-26-7-13-30(14-8-26)49(44,45)41(21-25-6-17-32(37)33(38)18-25)22-29-12-11-28(48-29)19-39-40-34(43)23-42(20-24-4-2-1-3-5-24)50(46,47)31-15-9-27(36)10-16-31/h1-19H,20-23H2,(H,40,43)/b39-19-. The van der Waals surface area contributed by atoms with Crippen molar-refractivity contribution in [3.8, 4) is 0 Å². The molecule has 1 heterocycles. The zero-order valence-corrected chi connectivity index (χ0v) is 30.6. The van der Waals surface area contributed by atoms with E-state index in [0.29, 0.717) is 26.2 Å². The van der Waals surface area contributed by atoms with Crippen LogP contribution in [0.15, 0.2) is 129 Å². The van der Waals surface area contributed by atoms with E-state index in [2.05, 4.69) is 10.5 Å². The van der Waals surface area contributed by atoms with Gasteiger partial charge < -0.3 is 4.42 Å². The van der Waals surface area contributed by atoms with Crippen LogP contribution >= 0.6 is 46.4 Å². The Morgan fingerprint density at radius 2 is 1.24 bits per heavy atom. The second kappa shape index (κ2) is 16.5. The first-order valence-corrected chi connectivity index (χ1v) is 19.1. The molecule has 5 aromatic rings. The van der Waals surface area contributed by atoms with E-state index in [1.54, 1.807) is 60.7 Å². The summed E-state index contributed by atoms with van der Waals surface area (Å²) in [5.74, 6) is -0.226. The molecule has 4 aromatic carbocycles. The van der Waals surface area contributed by atoms with E-state index in [-0.39, 0.29) is 46.0 Å². The van der Waals surface area contributed by atoms with Gasteiger partial charge >= 0.3 is 0 Å². The third kappa shape index (κ3) is 9.74. The fourth-order valence-electron chi connectivity index (χ4n) is 4.68. The van der Waals surface area contributed by atoms with Gasteiger partial charge in [-0.25, -0.2) is 22.3 Å². The highest BCUT2D eigenvalue weighted by atomic mass is 35.5. The van der Waals surface area contributed by atoms with Crippen LogP contribution in [-0.2, 0) is 44.5 Å². The maximum atomic E-state index is 13.7. The molecule has 0 bridgehead atoms. The summed E-state index contributed by atoms with van der Waals surface area (Å²) in [6.07, 6.45) is 1.22. The van der Waals surface area contributed by atoms with Crippen molar-refractivity contribution < 1.29 is 26.0 Å². The van der Waals surface area contributed by atoms with Crippen LogP contribution in [0.3, 0.4) is 0 Å². The molecule has 0 spiro atoms. The van der Waals surface area contributed by atoms with Crippen molar-refractivity contribution in [3.63, 3.8) is 0 Å². The van der Waals surface area contributed by atoms with Crippen LogP contribution in [0.1, 0.15) is 22.6 Å². The highest BCUT2D eigenvalue weighted by Gasteiger charge is 2.28. The second-order valence-corrected chi connectivity index (χ2v) is 16.3. The smallest absolute Gasteiger partial charge is 0.255 e. The van der Waals surface area contributed by atoms with Gasteiger partial charge in [-0.05, 0) is 83.9 Å². The van der Waals surface area contributed by atoms with E-state index >= 15 is 0 Å². The minimum Gasteiger partial charge on any atom is -0.459 e. The van der Waals surface area contributed by atoms with Crippen molar-refractivity contribution in [2.45, 2.75) is 29.4 Å². The number of hydrogen-bond donors (Lipinski definition) is 1. The van der Waals surface area contributed by atoms with Gasteiger partial charge in [0.15, 0.2) is 0 Å². The van der Waals surface area contributed by atoms with E-state index < -0.39 is 32.5 Å². The van der Waals surface area contributed by atoms with E-state index in [1.165, 1.54) is 59.1 Å². The van der Waals surface area contributed by atoms with Gasteiger partial charge in [0, 0.05) is 23.1 Å². The van der Waals surface area contributed by atoms with Crippen molar-refractivity contribution in [1.29, 1.82) is 0 Å². The molecule has 0 aliphatic rings. The number of carbonyl (C=O) groups is 1. The maximum Gasteiger partial charge on any atom is 0.255 e. The van der Waals surface area contributed by atoms with E-state index in [4.69, 9.17) is 50.8 Å². The number of benzene rings is 4. The molecule has 1 aromatic heterocycles. The average molecular weight is 795 g/mol. The van der Waals surface area contributed by atoms with E-state index in [0.717, 1.165) is 4.31 Å². The first-order valence-electron chi connectivity index (χ1n) is 14.7. The molecule has 0 saturated carbocycles. The predicted octanol–water partition coefficient (Wildman–Crippen LogP) is 7.63. The zero-order valence-electron chi connectivity index (χ0n) is 25.9. The van der Waals surface area contributed by atoms with Crippen LogP contribution in [0.25, 0.3) is 0 Å². The van der Waals surface area contributed by atoms with Gasteiger partial charge in [-0.15, -0.1) is 0 Å². The molecular formula is C34H28Cl4N4O6S2. The Bertz CT molecular complexity index is 2200. The van der Waals surface area contributed by atoms with Gasteiger partial charge in [0.2, 0.25) is 20.0 Å². The fraction of sp³-hybridized carbons (Fsp3) is 0.118. The topological polar surface area (TPSA) is 129 Å². The first-order chi connectivity index (χ1) is 23.8. The highest BCUT2D eigenvalue weighted by molar-refractivity contribution is 7.89. The molecule has 0 atom stereocenters. The quantitative estimate of drug-likeness (QED) is 0.0910. The van der Waals surface area contributed by atoms with Gasteiger partial charge in [-0.3, -0.25) is 4.79 Å². The molecule has 16 heteroatoms. The summed E-state index contributed by atoms with van der Waals surface area (Å²) < 4.78 is 62.4. The molecule has 0 saturated heterocycles. The molecular weight excluding hydrogens is 766 g/mol. The molecule has 0 aliphatic carbocycles. The van der Waals surface area contributed by atoms with Crippen LogP contribution < -0.4 is 5.43 Å². The van der Waals surface area contributed by atoms with Crippen molar-refractivity contribution in [3.05, 3.63) is 152 Å². The highest BCUT2D eigenvalue weighted by Crippen LogP contribution is 2.27. The Balaban J connectivity index is 1.29. The zero-order chi connectivity index (χ0) is 35.9. The molecule has 260 valence electrons. The number of nitrogens with one attached hydrogen (secondary N) is 1. The Hall–Kier alpha value is -3.72. The van der Waals surface area contributed by atoms with E-state index in [9.17, 15) is 21.6 Å². The normalized spacial score (nSPS) is 12.2. The van der Waals surface area contributed by atoms with Gasteiger partial charge in [-0.1, -0.05) is 82.8 Å². The molecule has 0 aliphatic heterocycles. The molecule has 0 unspecified atom stereocenters. The number of sulfonamides is 2. The molecule has 5 rings (SSSR count). The lowest BCUT2D eigenvalue weighted by Gasteiger charge is -2.22. The lowest BCUT2D eigenvalue weighted by atomic mass is 10.2. The van der Waals surface area contributed by atoms with Crippen molar-refractivity contribution in [2.75, 3.05) is 6.54 Å².